The van der Waals surface area contributed by atoms with Crippen molar-refractivity contribution >= 4 is 0 Å². The van der Waals surface area contributed by atoms with E-state index in [1.807, 2.05) is 0 Å². The molecule has 1 saturated heterocycles. The molecule has 25 heavy (non-hydrogen) atoms. The molecule has 0 amide bonds. The Morgan fingerprint density at radius 2 is 1.88 bits per heavy atom. The van der Waals surface area contributed by atoms with Gasteiger partial charge in [0.1, 0.15) is 5.75 Å². The van der Waals surface area contributed by atoms with E-state index in [2.05, 4.69) is 59.5 Å². The topological polar surface area (TPSA) is 12.5 Å². The Hall–Kier alpha value is -1.80. The predicted octanol–water partition coefficient (Wildman–Crippen LogP) is 5.03. The van der Waals surface area contributed by atoms with Crippen LogP contribution in [0.25, 0.3) is 0 Å². The van der Waals surface area contributed by atoms with Gasteiger partial charge < -0.3 is 4.74 Å². The zero-order valence-electron chi connectivity index (χ0n) is 15.3. The molecule has 2 atom stereocenters. The van der Waals surface area contributed by atoms with Crippen molar-refractivity contribution < 1.29 is 4.74 Å². The van der Waals surface area contributed by atoms with Crippen LogP contribution in [0.2, 0.25) is 0 Å². The van der Waals surface area contributed by atoms with Crippen molar-refractivity contribution in [2.75, 3.05) is 20.2 Å². The van der Waals surface area contributed by atoms with Gasteiger partial charge in [0.15, 0.2) is 0 Å². The van der Waals surface area contributed by atoms with Crippen molar-refractivity contribution in [3.8, 4) is 5.75 Å². The molecule has 2 aromatic rings. The van der Waals surface area contributed by atoms with Gasteiger partial charge in [-0.05, 0) is 66.8 Å². The fraction of sp³-hybridized carbons (Fsp3) is 0.478. The van der Waals surface area contributed by atoms with Crippen LogP contribution in [-0.2, 0) is 12.0 Å². The Bertz CT molecular complexity index is 698. The van der Waals surface area contributed by atoms with E-state index >= 15 is 0 Å². The molecule has 2 fully saturated rings. The van der Waals surface area contributed by atoms with E-state index in [1.54, 1.807) is 7.11 Å². The summed E-state index contributed by atoms with van der Waals surface area (Å²) in [6, 6.07) is 19.8. The van der Waals surface area contributed by atoms with Gasteiger partial charge in [-0.25, -0.2) is 0 Å². The Morgan fingerprint density at radius 1 is 1.04 bits per heavy atom. The van der Waals surface area contributed by atoms with Crippen LogP contribution < -0.4 is 4.74 Å². The summed E-state index contributed by atoms with van der Waals surface area (Å²) in [6.07, 6.45) is 6.67. The van der Waals surface area contributed by atoms with E-state index in [-0.39, 0.29) is 0 Å². The van der Waals surface area contributed by atoms with Gasteiger partial charge >= 0.3 is 0 Å². The second-order valence-electron chi connectivity index (χ2n) is 7.80. The van der Waals surface area contributed by atoms with Crippen LogP contribution in [0.4, 0.5) is 0 Å². The zero-order chi connectivity index (χ0) is 17.1. The number of fused-ring (bicyclic) bond motifs is 1. The summed E-state index contributed by atoms with van der Waals surface area (Å²) in [5.74, 6) is 1.77. The largest absolute Gasteiger partial charge is 0.497 e. The van der Waals surface area contributed by atoms with Crippen molar-refractivity contribution in [3.05, 3.63) is 65.7 Å². The minimum atomic E-state index is 0.361. The third-order valence-electron chi connectivity index (χ3n) is 6.43. The van der Waals surface area contributed by atoms with Gasteiger partial charge in [-0.15, -0.1) is 0 Å². The number of ether oxygens (including phenoxy) is 1. The Kier molecular flexibility index (Phi) is 4.80. The highest BCUT2D eigenvalue weighted by atomic mass is 16.5. The van der Waals surface area contributed by atoms with E-state index in [4.69, 9.17) is 4.74 Å². The van der Waals surface area contributed by atoms with Crippen LogP contribution >= 0.6 is 0 Å². The summed E-state index contributed by atoms with van der Waals surface area (Å²) in [5.41, 5.74) is 3.31. The third-order valence-corrected chi connectivity index (χ3v) is 6.43. The Morgan fingerprint density at radius 3 is 2.72 bits per heavy atom. The highest BCUT2D eigenvalue weighted by molar-refractivity contribution is 5.36. The van der Waals surface area contributed by atoms with E-state index in [9.17, 15) is 0 Å². The molecule has 0 spiro atoms. The number of likely N-dealkylation sites (tertiary alicyclic amines) is 1. The minimum absolute atomic E-state index is 0.361. The molecule has 0 bridgehead atoms. The summed E-state index contributed by atoms with van der Waals surface area (Å²) in [5, 5.41) is 0. The van der Waals surface area contributed by atoms with Gasteiger partial charge in [0.25, 0.3) is 0 Å². The fourth-order valence-electron chi connectivity index (χ4n) is 5.20. The molecule has 0 radical (unpaired) electrons. The lowest BCUT2D eigenvalue weighted by molar-refractivity contribution is 0.215. The predicted molar refractivity (Wildman–Crippen MR) is 103 cm³/mol. The van der Waals surface area contributed by atoms with E-state index < -0.39 is 0 Å². The minimum Gasteiger partial charge on any atom is -0.497 e. The maximum absolute atomic E-state index is 5.51. The average Bonchev–Trinajstić information content (AvgIpc) is 2.98. The molecule has 1 aliphatic heterocycles. The normalized spacial score (nSPS) is 26.8. The Balaban J connectivity index is 1.57. The lowest BCUT2D eigenvalue weighted by Gasteiger charge is -2.36. The van der Waals surface area contributed by atoms with Crippen LogP contribution in [-0.4, -0.2) is 25.1 Å². The maximum atomic E-state index is 5.51. The molecule has 2 nitrogen and oxygen atoms in total. The van der Waals surface area contributed by atoms with Gasteiger partial charge in [-0.3, -0.25) is 4.90 Å². The molecule has 2 aliphatic rings. The number of nitrogens with zero attached hydrogens (tertiary/aromatic N) is 1. The number of rotatable bonds is 4. The molecule has 0 aromatic heterocycles. The monoisotopic (exact) mass is 335 g/mol. The molecule has 1 saturated carbocycles. The fourth-order valence-corrected chi connectivity index (χ4v) is 5.20. The van der Waals surface area contributed by atoms with Gasteiger partial charge in [0.2, 0.25) is 0 Å². The number of hydrogen-bond acceptors (Lipinski definition) is 2. The number of methoxy groups -OCH3 is 1. The van der Waals surface area contributed by atoms with Crippen molar-refractivity contribution in [1.82, 2.24) is 4.90 Å². The van der Waals surface area contributed by atoms with Crippen molar-refractivity contribution in [2.24, 2.45) is 5.92 Å². The van der Waals surface area contributed by atoms with Crippen LogP contribution in [0.5, 0.6) is 5.75 Å². The van der Waals surface area contributed by atoms with Crippen molar-refractivity contribution in [1.29, 1.82) is 0 Å². The Labute approximate surface area is 151 Å². The molecular formula is C23H29NO. The summed E-state index contributed by atoms with van der Waals surface area (Å²) < 4.78 is 5.51. The van der Waals surface area contributed by atoms with Crippen molar-refractivity contribution in [2.45, 2.75) is 44.1 Å². The summed E-state index contributed by atoms with van der Waals surface area (Å²) in [6.45, 7) is 3.54. The molecular weight excluding hydrogens is 306 g/mol. The smallest absolute Gasteiger partial charge is 0.119 e. The van der Waals surface area contributed by atoms with E-state index in [1.165, 1.54) is 56.3 Å². The molecule has 4 rings (SSSR count). The molecule has 1 aliphatic carbocycles. The van der Waals surface area contributed by atoms with Crippen LogP contribution in [0.3, 0.4) is 0 Å². The van der Waals surface area contributed by atoms with E-state index in [0.29, 0.717) is 5.41 Å². The lowest BCUT2D eigenvalue weighted by atomic mass is 9.69. The standard InChI is InChI=1S/C23H29NO/c1-25-22-12-5-10-20(16-22)23-13-6-11-21(23)18-24(15-7-14-23)17-19-8-3-2-4-9-19/h2-5,8-10,12,16,21H,6-7,11,13-15,17-18H2,1H3. The number of hydrogen-bond donors (Lipinski definition) is 0. The summed E-state index contributed by atoms with van der Waals surface area (Å²) in [7, 11) is 1.78. The average molecular weight is 335 g/mol. The quantitative estimate of drug-likeness (QED) is 0.777. The zero-order valence-corrected chi connectivity index (χ0v) is 15.3. The van der Waals surface area contributed by atoms with Gasteiger partial charge in [-0.2, -0.15) is 0 Å². The van der Waals surface area contributed by atoms with Crippen molar-refractivity contribution in [3.63, 3.8) is 0 Å². The van der Waals surface area contributed by atoms with Gasteiger partial charge in [-0.1, -0.05) is 48.9 Å². The van der Waals surface area contributed by atoms with Crippen LogP contribution in [0, 0.1) is 5.92 Å². The molecule has 132 valence electrons. The first-order valence-corrected chi connectivity index (χ1v) is 9.71. The van der Waals surface area contributed by atoms with Gasteiger partial charge in [0.05, 0.1) is 7.11 Å². The van der Waals surface area contributed by atoms with E-state index in [0.717, 1.165) is 18.2 Å². The lowest BCUT2D eigenvalue weighted by Crippen LogP contribution is -2.35. The maximum Gasteiger partial charge on any atom is 0.119 e. The van der Waals surface area contributed by atoms with Crippen LogP contribution in [0.15, 0.2) is 54.6 Å². The second-order valence-corrected chi connectivity index (χ2v) is 7.80. The van der Waals surface area contributed by atoms with Gasteiger partial charge in [0, 0.05) is 13.1 Å². The van der Waals surface area contributed by atoms with Crippen LogP contribution in [0.1, 0.15) is 43.2 Å². The molecule has 2 aromatic carbocycles. The molecule has 2 heteroatoms. The first-order valence-electron chi connectivity index (χ1n) is 9.71. The molecule has 1 heterocycles. The highest BCUT2D eigenvalue weighted by Crippen LogP contribution is 2.51. The summed E-state index contributed by atoms with van der Waals surface area (Å²) in [4.78, 5) is 2.69. The first-order chi connectivity index (χ1) is 12.3. The SMILES string of the molecule is COc1cccc(C23CCCC2CN(Cc2ccccc2)CCC3)c1. The third kappa shape index (κ3) is 3.32. The molecule has 0 N–H and O–H groups in total. The first kappa shape index (κ1) is 16.7. The second kappa shape index (κ2) is 7.21. The molecule has 2 unspecified atom stereocenters. The highest BCUT2D eigenvalue weighted by Gasteiger charge is 2.45. The number of benzene rings is 2. The summed E-state index contributed by atoms with van der Waals surface area (Å²) >= 11 is 0.